The summed E-state index contributed by atoms with van der Waals surface area (Å²) in [5.74, 6) is -0.104. The van der Waals surface area contributed by atoms with E-state index in [4.69, 9.17) is 4.74 Å². The summed E-state index contributed by atoms with van der Waals surface area (Å²) in [6.45, 7) is 7.14. The normalized spacial score (nSPS) is 15.0. The molecule has 0 unspecified atom stereocenters. The van der Waals surface area contributed by atoms with E-state index in [1.165, 1.54) is 4.90 Å². The predicted octanol–water partition coefficient (Wildman–Crippen LogP) is 1.73. The van der Waals surface area contributed by atoms with E-state index in [0.29, 0.717) is 25.2 Å². The number of aromatic nitrogens is 2. The summed E-state index contributed by atoms with van der Waals surface area (Å²) in [7, 11) is 3.41. The molecule has 0 saturated heterocycles. The van der Waals surface area contributed by atoms with Crippen LogP contribution in [0.15, 0.2) is 6.20 Å². The molecule has 2 rings (SSSR count). The lowest BCUT2D eigenvalue weighted by Crippen LogP contribution is -2.37. The van der Waals surface area contributed by atoms with Crippen molar-refractivity contribution >= 4 is 12.0 Å². The third kappa shape index (κ3) is 3.58. The number of carbonyl (C=O) groups excluding carboxylic acids is 2. The standard InChI is InChI=1S/C15H24N4O3/c1-15(2,3)22-14(21)18-7-6-8-19-12(10-18)11(9-16-19)13(20)17(4)5/h9H,6-8,10H2,1-5H3. The van der Waals surface area contributed by atoms with Crippen LogP contribution in [0.1, 0.15) is 43.2 Å². The molecule has 22 heavy (non-hydrogen) atoms. The second kappa shape index (κ2) is 5.98. The maximum absolute atomic E-state index is 12.3. The molecule has 0 atom stereocenters. The lowest BCUT2D eigenvalue weighted by atomic mass is 10.2. The number of carbonyl (C=O) groups is 2. The summed E-state index contributed by atoms with van der Waals surface area (Å²) in [4.78, 5) is 27.7. The minimum atomic E-state index is -0.536. The quantitative estimate of drug-likeness (QED) is 0.792. The lowest BCUT2D eigenvalue weighted by molar-refractivity contribution is 0.0235. The van der Waals surface area contributed by atoms with Gasteiger partial charge in [-0.15, -0.1) is 0 Å². The van der Waals surface area contributed by atoms with E-state index in [0.717, 1.165) is 12.1 Å². The van der Waals surface area contributed by atoms with Gasteiger partial charge < -0.3 is 14.5 Å². The monoisotopic (exact) mass is 308 g/mol. The van der Waals surface area contributed by atoms with Gasteiger partial charge in [-0.05, 0) is 27.2 Å². The fraction of sp³-hybridized carbons (Fsp3) is 0.667. The van der Waals surface area contributed by atoms with E-state index in [9.17, 15) is 9.59 Å². The van der Waals surface area contributed by atoms with Gasteiger partial charge in [-0.1, -0.05) is 0 Å². The first kappa shape index (κ1) is 16.3. The Labute approximate surface area is 130 Å². The SMILES string of the molecule is CN(C)C(=O)c1cnn2c1CN(C(=O)OC(C)(C)C)CCC2. The molecule has 0 fully saturated rings. The Balaban J connectivity index is 2.23. The van der Waals surface area contributed by atoms with Crippen LogP contribution >= 0.6 is 0 Å². The molecule has 2 heterocycles. The Morgan fingerprint density at radius 2 is 1.95 bits per heavy atom. The summed E-state index contributed by atoms with van der Waals surface area (Å²) < 4.78 is 7.24. The van der Waals surface area contributed by atoms with Crippen molar-refractivity contribution in [1.29, 1.82) is 0 Å². The van der Waals surface area contributed by atoms with Crippen molar-refractivity contribution in [3.8, 4) is 0 Å². The summed E-state index contributed by atoms with van der Waals surface area (Å²) in [6.07, 6.45) is 2.00. The number of rotatable bonds is 1. The molecule has 1 aliphatic heterocycles. The summed E-state index contributed by atoms with van der Waals surface area (Å²) in [6, 6.07) is 0. The first-order valence-electron chi connectivity index (χ1n) is 7.43. The number of nitrogens with zero attached hydrogens (tertiary/aromatic N) is 4. The molecule has 2 amide bonds. The highest BCUT2D eigenvalue weighted by molar-refractivity contribution is 5.94. The van der Waals surface area contributed by atoms with Gasteiger partial charge >= 0.3 is 6.09 Å². The zero-order valence-electron chi connectivity index (χ0n) is 13.9. The third-order valence-electron chi connectivity index (χ3n) is 3.38. The van der Waals surface area contributed by atoms with Gasteiger partial charge in [0.2, 0.25) is 0 Å². The van der Waals surface area contributed by atoms with Gasteiger partial charge in [0.15, 0.2) is 0 Å². The Bertz CT molecular complexity index is 572. The number of hydrogen-bond donors (Lipinski definition) is 0. The lowest BCUT2D eigenvalue weighted by Gasteiger charge is -2.26. The molecule has 122 valence electrons. The molecule has 0 aliphatic carbocycles. The van der Waals surface area contributed by atoms with Crippen LogP contribution in [0.25, 0.3) is 0 Å². The smallest absolute Gasteiger partial charge is 0.410 e. The van der Waals surface area contributed by atoms with Crippen molar-refractivity contribution in [3.63, 3.8) is 0 Å². The largest absolute Gasteiger partial charge is 0.444 e. The molecule has 0 aromatic carbocycles. The molecule has 1 aromatic heterocycles. The van der Waals surface area contributed by atoms with E-state index in [1.807, 2.05) is 20.8 Å². The fourth-order valence-electron chi connectivity index (χ4n) is 2.34. The van der Waals surface area contributed by atoms with Crippen LogP contribution in [0.2, 0.25) is 0 Å². The zero-order valence-corrected chi connectivity index (χ0v) is 13.9. The highest BCUT2D eigenvalue weighted by atomic mass is 16.6. The number of hydrogen-bond acceptors (Lipinski definition) is 4. The fourth-order valence-corrected chi connectivity index (χ4v) is 2.34. The zero-order chi connectivity index (χ0) is 16.5. The van der Waals surface area contributed by atoms with Crippen LogP contribution in [0, 0.1) is 0 Å². The molecule has 1 aromatic rings. The number of fused-ring (bicyclic) bond motifs is 1. The van der Waals surface area contributed by atoms with Gasteiger partial charge in [-0.2, -0.15) is 5.10 Å². The second-order valence-electron chi connectivity index (χ2n) is 6.68. The second-order valence-corrected chi connectivity index (χ2v) is 6.68. The van der Waals surface area contributed by atoms with Gasteiger partial charge in [0.25, 0.3) is 5.91 Å². The van der Waals surface area contributed by atoms with Crippen LogP contribution in [0.5, 0.6) is 0 Å². The van der Waals surface area contributed by atoms with Gasteiger partial charge in [0.05, 0.1) is 24.0 Å². The van der Waals surface area contributed by atoms with E-state index in [1.54, 1.807) is 29.9 Å². The van der Waals surface area contributed by atoms with Crippen LogP contribution in [0.3, 0.4) is 0 Å². The molecule has 1 aliphatic rings. The number of aryl methyl sites for hydroxylation is 1. The van der Waals surface area contributed by atoms with Crippen molar-refractivity contribution < 1.29 is 14.3 Å². The van der Waals surface area contributed by atoms with Gasteiger partial charge in [-0.25, -0.2) is 4.79 Å². The maximum Gasteiger partial charge on any atom is 0.410 e. The van der Waals surface area contributed by atoms with E-state index >= 15 is 0 Å². The highest BCUT2D eigenvalue weighted by Crippen LogP contribution is 2.19. The molecule has 7 nitrogen and oxygen atoms in total. The first-order valence-corrected chi connectivity index (χ1v) is 7.43. The molecule has 0 spiro atoms. The topological polar surface area (TPSA) is 67.7 Å². The molecular formula is C15H24N4O3. The van der Waals surface area contributed by atoms with Crippen LogP contribution in [0.4, 0.5) is 4.79 Å². The summed E-state index contributed by atoms with van der Waals surface area (Å²) in [5, 5.41) is 4.28. The average molecular weight is 308 g/mol. The first-order chi connectivity index (χ1) is 10.2. The Morgan fingerprint density at radius 1 is 1.27 bits per heavy atom. The molecule has 0 radical (unpaired) electrons. The van der Waals surface area contributed by atoms with Gasteiger partial charge in [0.1, 0.15) is 5.60 Å². The van der Waals surface area contributed by atoms with Gasteiger partial charge in [0, 0.05) is 27.2 Å². The third-order valence-corrected chi connectivity index (χ3v) is 3.38. The van der Waals surface area contributed by atoms with Crippen LogP contribution in [-0.4, -0.2) is 57.8 Å². The predicted molar refractivity (Wildman–Crippen MR) is 81.5 cm³/mol. The molecule has 0 N–H and O–H groups in total. The van der Waals surface area contributed by atoms with E-state index < -0.39 is 5.60 Å². The van der Waals surface area contributed by atoms with Crippen molar-refractivity contribution in [2.24, 2.45) is 0 Å². The Hall–Kier alpha value is -2.05. The van der Waals surface area contributed by atoms with Crippen LogP contribution in [-0.2, 0) is 17.8 Å². The minimum absolute atomic E-state index is 0.104. The van der Waals surface area contributed by atoms with Crippen molar-refractivity contribution in [2.45, 2.75) is 45.9 Å². The van der Waals surface area contributed by atoms with Crippen molar-refractivity contribution in [1.82, 2.24) is 19.6 Å². The van der Waals surface area contributed by atoms with Crippen LogP contribution < -0.4 is 0 Å². The molecule has 7 heteroatoms. The van der Waals surface area contributed by atoms with Gasteiger partial charge in [-0.3, -0.25) is 9.48 Å². The van der Waals surface area contributed by atoms with Crippen molar-refractivity contribution in [2.75, 3.05) is 20.6 Å². The van der Waals surface area contributed by atoms with E-state index in [2.05, 4.69) is 5.10 Å². The maximum atomic E-state index is 12.3. The van der Waals surface area contributed by atoms with Crippen molar-refractivity contribution in [3.05, 3.63) is 17.5 Å². The average Bonchev–Trinajstić information content (AvgIpc) is 2.65. The number of ether oxygens (including phenoxy) is 1. The highest BCUT2D eigenvalue weighted by Gasteiger charge is 2.28. The Morgan fingerprint density at radius 3 is 2.55 bits per heavy atom. The Kier molecular flexibility index (Phi) is 4.44. The molecular weight excluding hydrogens is 284 g/mol. The molecule has 0 saturated carbocycles. The summed E-state index contributed by atoms with van der Waals surface area (Å²) in [5.41, 5.74) is 0.772. The number of amides is 2. The summed E-state index contributed by atoms with van der Waals surface area (Å²) >= 11 is 0. The van der Waals surface area contributed by atoms with E-state index in [-0.39, 0.29) is 12.0 Å². The minimum Gasteiger partial charge on any atom is -0.444 e. The molecule has 0 bridgehead atoms.